The topological polar surface area (TPSA) is 60.7 Å². The highest BCUT2D eigenvalue weighted by Crippen LogP contribution is 2.44. The fraction of sp³-hybridized carbons (Fsp3) is 0.351. The van der Waals surface area contributed by atoms with Crippen molar-refractivity contribution in [3.05, 3.63) is 122 Å². The second-order valence-corrected chi connectivity index (χ2v) is 12.1. The van der Waals surface area contributed by atoms with Gasteiger partial charge in [0.25, 0.3) is 0 Å². The van der Waals surface area contributed by atoms with Crippen LogP contribution in [0.5, 0.6) is 17.2 Å². The van der Waals surface area contributed by atoms with Gasteiger partial charge in [0.05, 0.1) is 0 Å². The molecule has 4 aromatic rings. The Balaban J connectivity index is 1.93. The molecule has 0 aromatic heterocycles. The lowest BCUT2D eigenvalue weighted by atomic mass is 9.68. The first-order valence-corrected chi connectivity index (χ1v) is 14.3. The molecular weight excluding hydrogens is 492 g/mol. The van der Waals surface area contributed by atoms with Gasteiger partial charge in [0.2, 0.25) is 0 Å². The van der Waals surface area contributed by atoms with Crippen LogP contribution in [0.1, 0.15) is 95.8 Å². The summed E-state index contributed by atoms with van der Waals surface area (Å²) in [5, 5.41) is 31.8. The van der Waals surface area contributed by atoms with Crippen molar-refractivity contribution in [3.8, 4) is 17.2 Å². The summed E-state index contributed by atoms with van der Waals surface area (Å²) >= 11 is 0. The molecule has 4 aromatic carbocycles. The summed E-state index contributed by atoms with van der Waals surface area (Å²) in [6, 6.07) is 21.5. The maximum Gasteiger partial charge on any atom is 0.121 e. The SMILES string of the molecule is CCc1cc(C(C)(c2ccc(C(C)(C)c3cc(C)c(O)c(C)c3)cc2)c2cc(C)c(O)c(CC)c2)cc(C)c1O. The minimum atomic E-state index is -0.515. The van der Waals surface area contributed by atoms with Gasteiger partial charge in [0.15, 0.2) is 0 Å². The van der Waals surface area contributed by atoms with Crippen LogP contribution in [0.4, 0.5) is 0 Å². The molecule has 3 nitrogen and oxygen atoms in total. The van der Waals surface area contributed by atoms with E-state index in [0.29, 0.717) is 17.2 Å². The van der Waals surface area contributed by atoms with Crippen LogP contribution in [0.3, 0.4) is 0 Å². The van der Waals surface area contributed by atoms with Gasteiger partial charge >= 0.3 is 0 Å². The summed E-state index contributed by atoms with van der Waals surface area (Å²) in [6.45, 7) is 18.7. The van der Waals surface area contributed by atoms with E-state index in [-0.39, 0.29) is 5.41 Å². The Bertz CT molecular complexity index is 1480. The Morgan fingerprint density at radius 2 is 0.825 bits per heavy atom. The van der Waals surface area contributed by atoms with E-state index in [4.69, 9.17) is 0 Å². The van der Waals surface area contributed by atoms with Crippen LogP contribution >= 0.6 is 0 Å². The van der Waals surface area contributed by atoms with Gasteiger partial charge in [-0.3, -0.25) is 0 Å². The fourth-order valence-corrected chi connectivity index (χ4v) is 6.03. The molecule has 40 heavy (non-hydrogen) atoms. The maximum atomic E-state index is 10.7. The van der Waals surface area contributed by atoms with Crippen LogP contribution in [0, 0.1) is 27.7 Å². The van der Waals surface area contributed by atoms with Crippen molar-refractivity contribution in [2.45, 2.75) is 86.0 Å². The molecule has 0 fully saturated rings. The zero-order valence-corrected chi connectivity index (χ0v) is 25.5. The number of aromatic hydroxyl groups is 3. The number of rotatable bonds is 7. The quantitative estimate of drug-likeness (QED) is 0.207. The van der Waals surface area contributed by atoms with Crippen LogP contribution in [-0.2, 0) is 23.7 Å². The maximum absolute atomic E-state index is 10.7. The first-order chi connectivity index (χ1) is 18.7. The van der Waals surface area contributed by atoms with Crippen molar-refractivity contribution in [3.63, 3.8) is 0 Å². The van der Waals surface area contributed by atoms with Crippen LogP contribution in [0.15, 0.2) is 60.7 Å². The van der Waals surface area contributed by atoms with Gasteiger partial charge in [-0.15, -0.1) is 0 Å². The second-order valence-electron chi connectivity index (χ2n) is 12.1. The molecule has 0 amide bonds. The largest absolute Gasteiger partial charge is 0.507 e. The van der Waals surface area contributed by atoms with Gasteiger partial charge in [-0.1, -0.05) is 88.4 Å². The first kappa shape index (κ1) is 29.3. The molecule has 0 aliphatic heterocycles. The lowest BCUT2D eigenvalue weighted by Gasteiger charge is -2.35. The number of phenolic OH excluding ortho intramolecular Hbond substituents is 3. The predicted octanol–water partition coefficient (Wildman–Crippen LogP) is 8.84. The number of hydrogen-bond donors (Lipinski definition) is 3. The molecule has 0 unspecified atom stereocenters. The Hall–Kier alpha value is -3.72. The molecule has 0 saturated carbocycles. The minimum Gasteiger partial charge on any atom is -0.507 e. The molecule has 210 valence electrons. The summed E-state index contributed by atoms with van der Waals surface area (Å²) in [5.74, 6) is 1.08. The molecule has 0 spiro atoms. The van der Waals surface area contributed by atoms with E-state index in [1.54, 1.807) is 0 Å². The number of phenols is 3. The molecule has 0 saturated heterocycles. The Kier molecular flexibility index (Phi) is 7.82. The predicted molar refractivity (Wildman–Crippen MR) is 166 cm³/mol. The molecular formula is C37H44O3. The Morgan fingerprint density at radius 3 is 1.23 bits per heavy atom. The van der Waals surface area contributed by atoms with Crippen LogP contribution in [0.2, 0.25) is 0 Å². The lowest BCUT2D eigenvalue weighted by molar-refractivity contribution is 0.463. The van der Waals surface area contributed by atoms with E-state index in [2.05, 4.69) is 95.3 Å². The second kappa shape index (κ2) is 10.7. The van der Waals surface area contributed by atoms with Crippen LogP contribution in [-0.4, -0.2) is 15.3 Å². The average molecular weight is 537 g/mol. The van der Waals surface area contributed by atoms with Gasteiger partial charge in [-0.2, -0.15) is 0 Å². The van der Waals surface area contributed by atoms with E-state index in [0.717, 1.165) is 62.9 Å². The third-order valence-corrected chi connectivity index (χ3v) is 9.07. The van der Waals surface area contributed by atoms with E-state index in [1.165, 1.54) is 11.1 Å². The molecule has 3 N–H and O–H groups in total. The van der Waals surface area contributed by atoms with Crippen LogP contribution in [0.25, 0.3) is 0 Å². The highest BCUT2D eigenvalue weighted by atomic mass is 16.3. The summed E-state index contributed by atoms with van der Waals surface area (Å²) in [6.07, 6.45) is 1.48. The van der Waals surface area contributed by atoms with Crippen molar-refractivity contribution in [2.75, 3.05) is 0 Å². The molecule has 0 radical (unpaired) electrons. The van der Waals surface area contributed by atoms with Crippen molar-refractivity contribution < 1.29 is 15.3 Å². The monoisotopic (exact) mass is 536 g/mol. The zero-order chi connectivity index (χ0) is 29.6. The summed E-state index contributed by atoms with van der Waals surface area (Å²) in [7, 11) is 0. The van der Waals surface area contributed by atoms with E-state index in [1.807, 2.05) is 27.7 Å². The van der Waals surface area contributed by atoms with E-state index < -0.39 is 5.41 Å². The van der Waals surface area contributed by atoms with Crippen LogP contribution < -0.4 is 0 Å². The summed E-state index contributed by atoms with van der Waals surface area (Å²) in [5.41, 5.74) is 10.3. The van der Waals surface area contributed by atoms with Gasteiger partial charge in [-0.05, 0) is 109 Å². The number of aryl methyl sites for hydroxylation is 6. The van der Waals surface area contributed by atoms with Crippen molar-refractivity contribution in [1.82, 2.24) is 0 Å². The molecule has 0 bridgehead atoms. The molecule has 0 atom stereocenters. The van der Waals surface area contributed by atoms with Gasteiger partial charge < -0.3 is 15.3 Å². The molecule has 3 heteroatoms. The standard InChI is InChI=1S/C37H44O3/c1-10-26-20-31(18-24(5)34(26)39)37(9,32-19-25(6)35(40)27(11-2)21-32)29-14-12-28(13-15-29)36(7,8)30-16-22(3)33(38)23(4)17-30/h12-21,38-40H,10-11H2,1-9H3. The first-order valence-electron chi connectivity index (χ1n) is 14.3. The summed E-state index contributed by atoms with van der Waals surface area (Å²) < 4.78 is 0. The number of benzene rings is 4. The minimum absolute atomic E-state index is 0.257. The van der Waals surface area contributed by atoms with Crippen molar-refractivity contribution in [1.29, 1.82) is 0 Å². The average Bonchev–Trinajstić information content (AvgIpc) is 2.93. The van der Waals surface area contributed by atoms with Gasteiger partial charge in [-0.25, -0.2) is 0 Å². The third kappa shape index (κ3) is 4.87. The Morgan fingerprint density at radius 1 is 0.475 bits per heavy atom. The normalized spacial score (nSPS) is 12.1. The van der Waals surface area contributed by atoms with E-state index >= 15 is 0 Å². The van der Waals surface area contributed by atoms with E-state index in [9.17, 15) is 15.3 Å². The highest BCUT2D eigenvalue weighted by Gasteiger charge is 2.34. The third-order valence-electron chi connectivity index (χ3n) is 9.07. The van der Waals surface area contributed by atoms with Gasteiger partial charge in [0, 0.05) is 10.8 Å². The summed E-state index contributed by atoms with van der Waals surface area (Å²) in [4.78, 5) is 0. The fourth-order valence-electron chi connectivity index (χ4n) is 6.03. The molecule has 0 heterocycles. The highest BCUT2D eigenvalue weighted by molar-refractivity contribution is 5.58. The van der Waals surface area contributed by atoms with Gasteiger partial charge in [0.1, 0.15) is 17.2 Å². The lowest BCUT2D eigenvalue weighted by Crippen LogP contribution is -2.27. The molecule has 0 aliphatic carbocycles. The number of hydrogen-bond acceptors (Lipinski definition) is 3. The Labute approximate surface area is 240 Å². The molecule has 4 rings (SSSR count). The van der Waals surface area contributed by atoms with Crippen molar-refractivity contribution in [2.24, 2.45) is 0 Å². The smallest absolute Gasteiger partial charge is 0.121 e. The van der Waals surface area contributed by atoms with Crippen molar-refractivity contribution >= 4 is 0 Å². The molecule has 0 aliphatic rings. The zero-order valence-electron chi connectivity index (χ0n) is 25.5.